The first kappa shape index (κ1) is 12.7. The average molecular weight is 251 g/mol. The van der Waals surface area contributed by atoms with Crippen LogP contribution >= 0.6 is 0 Å². The van der Waals surface area contributed by atoms with Crippen molar-refractivity contribution >= 4 is 11.7 Å². The number of aliphatic hydroxyl groups excluding tert-OH is 1. The van der Waals surface area contributed by atoms with E-state index in [1.807, 2.05) is 0 Å². The van der Waals surface area contributed by atoms with Gasteiger partial charge in [-0.25, -0.2) is 5.84 Å². The molecule has 4 N–H and O–H groups in total. The van der Waals surface area contributed by atoms with Crippen molar-refractivity contribution in [1.29, 1.82) is 0 Å². The lowest BCUT2D eigenvalue weighted by atomic mass is 10.1. The Hall–Kier alpha value is -1.73. The van der Waals surface area contributed by atoms with Gasteiger partial charge in [-0.3, -0.25) is 4.79 Å². The zero-order valence-corrected chi connectivity index (χ0v) is 10.0. The third kappa shape index (κ3) is 2.74. The number of carbonyl (C=O) groups is 1. The number of aliphatic hydroxyl groups is 1. The number of hydrazine groups is 1. The molecule has 18 heavy (non-hydrogen) atoms. The van der Waals surface area contributed by atoms with Crippen LogP contribution in [-0.2, 0) is 0 Å². The Morgan fingerprint density at radius 1 is 1.56 bits per heavy atom. The van der Waals surface area contributed by atoms with Crippen LogP contribution in [0.15, 0.2) is 12.1 Å². The van der Waals surface area contributed by atoms with E-state index < -0.39 is 0 Å². The molecule has 7 nitrogen and oxygen atoms in total. The maximum atomic E-state index is 12.1. The van der Waals surface area contributed by atoms with Crippen molar-refractivity contribution in [2.24, 2.45) is 11.8 Å². The monoisotopic (exact) mass is 251 g/mol. The smallest absolute Gasteiger partial charge is 0.274 e. The molecule has 1 atom stereocenters. The van der Waals surface area contributed by atoms with Crippen LogP contribution in [0.4, 0.5) is 5.82 Å². The van der Waals surface area contributed by atoms with E-state index >= 15 is 0 Å². The predicted octanol–water partition coefficient (Wildman–Crippen LogP) is -0.393. The van der Waals surface area contributed by atoms with Crippen LogP contribution in [-0.4, -0.2) is 45.8 Å². The van der Waals surface area contributed by atoms with E-state index in [0.29, 0.717) is 30.5 Å². The second kappa shape index (κ2) is 5.74. The number of hydrogen-bond donors (Lipinski definition) is 3. The molecular weight excluding hydrogens is 234 g/mol. The number of nitrogen functional groups attached to an aromatic ring is 1. The van der Waals surface area contributed by atoms with Crippen molar-refractivity contribution in [3.63, 3.8) is 0 Å². The Kier molecular flexibility index (Phi) is 4.06. The molecule has 1 fully saturated rings. The summed E-state index contributed by atoms with van der Waals surface area (Å²) in [5.41, 5.74) is 2.68. The summed E-state index contributed by atoms with van der Waals surface area (Å²) in [6.07, 6.45) is 1.67. The third-order valence-corrected chi connectivity index (χ3v) is 3.14. The number of amides is 1. The molecule has 0 radical (unpaired) electrons. The summed E-state index contributed by atoms with van der Waals surface area (Å²) in [5.74, 6) is 5.87. The highest BCUT2D eigenvalue weighted by molar-refractivity contribution is 5.92. The van der Waals surface area contributed by atoms with Crippen LogP contribution in [0.1, 0.15) is 23.3 Å². The second-order valence-electron chi connectivity index (χ2n) is 4.37. The molecule has 2 rings (SSSR count). The molecule has 1 aliphatic heterocycles. The van der Waals surface area contributed by atoms with E-state index in [0.717, 1.165) is 12.8 Å². The zero-order chi connectivity index (χ0) is 13.0. The molecule has 0 aliphatic carbocycles. The molecule has 0 aromatic carbocycles. The van der Waals surface area contributed by atoms with Crippen LogP contribution < -0.4 is 11.3 Å². The van der Waals surface area contributed by atoms with Gasteiger partial charge in [-0.05, 0) is 30.9 Å². The molecule has 7 heteroatoms. The Bertz CT molecular complexity index is 408. The molecule has 1 saturated heterocycles. The van der Waals surface area contributed by atoms with Crippen LogP contribution in [0, 0.1) is 5.92 Å². The van der Waals surface area contributed by atoms with Gasteiger partial charge in [-0.2, -0.15) is 0 Å². The number of carbonyl (C=O) groups excluding carboxylic acids is 1. The number of nitrogens with zero attached hydrogens (tertiary/aromatic N) is 3. The van der Waals surface area contributed by atoms with Crippen LogP contribution in [0.25, 0.3) is 0 Å². The second-order valence-corrected chi connectivity index (χ2v) is 4.37. The molecule has 98 valence electrons. The first-order valence-corrected chi connectivity index (χ1v) is 5.95. The van der Waals surface area contributed by atoms with E-state index in [1.165, 1.54) is 0 Å². The first-order valence-electron chi connectivity index (χ1n) is 5.95. The number of likely N-dealkylation sites (tertiary alicyclic amines) is 1. The fourth-order valence-electron chi connectivity index (χ4n) is 2.12. The van der Waals surface area contributed by atoms with Gasteiger partial charge in [0.1, 0.15) is 0 Å². The highest BCUT2D eigenvalue weighted by atomic mass is 16.3. The Labute approximate surface area is 105 Å². The van der Waals surface area contributed by atoms with Crippen molar-refractivity contribution in [3.05, 3.63) is 17.8 Å². The van der Waals surface area contributed by atoms with Gasteiger partial charge in [0, 0.05) is 19.7 Å². The van der Waals surface area contributed by atoms with Crippen molar-refractivity contribution in [2.45, 2.75) is 12.8 Å². The fourth-order valence-corrected chi connectivity index (χ4v) is 2.12. The molecule has 1 amide bonds. The minimum Gasteiger partial charge on any atom is -0.396 e. The molecule has 0 spiro atoms. The van der Waals surface area contributed by atoms with E-state index in [2.05, 4.69) is 15.6 Å². The number of aromatic nitrogens is 2. The maximum Gasteiger partial charge on any atom is 0.274 e. The van der Waals surface area contributed by atoms with Crippen molar-refractivity contribution in [3.8, 4) is 0 Å². The van der Waals surface area contributed by atoms with Crippen molar-refractivity contribution in [2.75, 3.05) is 25.1 Å². The van der Waals surface area contributed by atoms with Crippen LogP contribution in [0.3, 0.4) is 0 Å². The topological polar surface area (TPSA) is 104 Å². The average Bonchev–Trinajstić information content (AvgIpc) is 2.87. The highest BCUT2D eigenvalue weighted by Gasteiger charge is 2.27. The highest BCUT2D eigenvalue weighted by Crippen LogP contribution is 2.20. The van der Waals surface area contributed by atoms with Gasteiger partial charge in [0.25, 0.3) is 5.91 Å². The summed E-state index contributed by atoms with van der Waals surface area (Å²) < 4.78 is 0. The zero-order valence-electron chi connectivity index (χ0n) is 10.0. The van der Waals surface area contributed by atoms with E-state index in [-0.39, 0.29) is 12.5 Å². The Morgan fingerprint density at radius 3 is 3.00 bits per heavy atom. The molecule has 1 aromatic rings. The normalized spacial score (nSPS) is 19.0. The minimum atomic E-state index is -0.119. The number of hydrogen-bond acceptors (Lipinski definition) is 6. The summed E-state index contributed by atoms with van der Waals surface area (Å²) in [4.78, 5) is 13.9. The van der Waals surface area contributed by atoms with Gasteiger partial charge in [0.2, 0.25) is 0 Å². The van der Waals surface area contributed by atoms with Crippen molar-refractivity contribution < 1.29 is 9.90 Å². The van der Waals surface area contributed by atoms with Crippen molar-refractivity contribution in [1.82, 2.24) is 15.1 Å². The summed E-state index contributed by atoms with van der Waals surface area (Å²) in [6, 6.07) is 3.21. The number of nitrogens with two attached hydrogens (primary N) is 1. The van der Waals surface area contributed by atoms with Gasteiger partial charge >= 0.3 is 0 Å². The van der Waals surface area contributed by atoms with Gasteiger partial charge in [-0.15, -0.1) is 10.2 Å². The molecule has 1 unspecified atom stereocenters. The lowest BCUT2D eigenvalue weighted by molar-refractivity contribution is 0.0778. The number of rotatable bonds is 4. The van der Waals surface area contributed by atoms with Crippen LogP contribution in [0.2, 0.25) is 0 Å². The van der Waals surface area contributed by atoms with Gasteiger partial charge in [0.15, 0.2) is 11.5 Å². The molecular formula is C11H17N5O2. The van der Waals surface area contributed by atoms with Gasteiger partial charge < -0.3 is 15.4 Å². The number of nitrogens with one attached hydrogen (secondary N) is 1. The summed E-state index contributed by atoms with van der Waals surface area (Å²) in [7, 11) is 0. The SMILES string of the molecule is NNc1ccc(C(=O)N2CCC(CCO)C2)nn1. The molecule has 0 bridgehead atoms. The summed E-state index contributed by atoms with van der Waals surface area (Å²) >= 11 is 0. The predicted molar refractivity (Wildman–Crippen MR) is 65.6 cm³/mol. The van der Waals surface area contributed by atoms with Crippen LogP contribution in [0.5, 0.6) is 0 Å². The standard InChI is InChI=1S/C11H17N5O2/c12-13-10-2-1-9(14-15-10)11(18)16-5-3-8(7-16)4-6-17/h1-2,8,17H,3-7,12H2,(H,13,15). The van der Waals surface area contributed by atoms with Gasteiger partial charge in [-0.1, -0.05) is 0 Å². The van der Waals surface area contributed by atoms with E-state index in [4.69, 9.17) is 10.9 Å². The Balaban J connectivity index is 1.98. The van der Waals surface area contributed by atoms with Gasteiger partial charge in [0.05, 0.1) is 0 Å². The molecule has 1 aliphatic rings. The lowest BCUT2D eigenvalue weighted by Crippen LogP contribution is -2.29. The first-order chi connectivity index (χ1) is 8.74. The summed E-state index contributed by atoms with van der Waals surface area (Å²) in [5, 5.41) is 16.5. The Morgan fingerprint density at radius 2 is 2.39 bits per heavy atom. The molecule has 0 saturated carbocycles. The molecule has 1 aromatic heterocycles. The third-order valence-electron chi connectivity index (χ3n) is 3.14. The lowest BCUT2D eigenvalue weighted by Gasteiger charge is -2.15. The quantitative estimate of drug-likeness (QED) is 0.497. The molecule has 2 heterocycles. The minimum absolute atomic E-state index is 0.119. The van der Waals surface area contributed by atoms with E-state index in [9.17, 15) is 4.79 Å². The largest absolute Gasteiger partial charge is 0.396 e. The maximum absolute atomic E-state index is 12.1. The number of anilines is 1. The fraction of sp³-hybridized carbons (Fsp3) is 0.545. The van der Waals surface area contributed by atoms with E-state index in [1.54, 1.807) is 17.0 Å². The summed E-state index contributed by atoms with van der Waals surface area (Å²) in [6.45, 7) is 1.56.